The first-order valence-electron chi connectivity index (χ1n) is 9.40. The second kappa shape index (κ2) is 8.60. The van der Waals surface area contributed by atoms with Gasteiger partial charge < -0.3 is 5.32 Å². The molecule has 0 aliphatic carbocycles. The zero-order valence-corrected chi connectivity index (χ0v) is 19.1. The number of carbonyl (C=O) groups is 2. The van der Waals surface area contributed by atoms with Crippen LogP contribution in [-0.2, 0) is 6.18 Å². The molecule has 0 unspecified atom stereocenters. The van der Waals surface area contributed by atoms with Crippen LogP contribution in [0.1, 0.15) is 37.8 Å². The highest BCUT2D eigenvalue weighted by Crippen LogP contribution is 2.33. The van der Waals surface area contributed by atoms with E-state index in [0.29, 0.717) is 10.1 Å². The summed E-state index contributed by atoms with van der Waals surface area (Å²) in [5.41, 5.74) is -0.837. The first kappa shape index (κ1) is 22.9. The van der Waals surface area contributed by atoms with Crippen molar-refractivity contribution in [2.75, 3.05) is 5.32 Å². The van der Waals surface area contributed by atoms with Gasteiger partial charge in [-0.2, -0.15) is 18.3 Å². The number of benzene rings is 2. The van der Waals surface area contributed by atoms with E-state index in [2.05, 4.69) is 31.3 Å². The highest BCUT2D eigenvalue weighted by Gasteiger charge is 2.36. The number of nitrogens with one attached hydrogen (secondary N) is 1. The number of hydrogen-bond donors (Lipinski definition) is 1. The van der Waals surface area contributed by atoms with Gasteiger partial charge in [-0.05, 0) is 47.1 Å². The predicted molar refractivity (Wildman–Crippen MR) is 120 cm³/mol. The van der Waals surface area contributed by atoms with Gasteiger partial charge in [0.05, 0.1) is 10.2 Å². The van der Waals surface area contributed by atoms with E-state index in [1.807, 2.05) is 0 Å². The molecule has 33 heavy (non-hydrogen) atoms. The first-order valence-corrected chi connectivity index (χ1v) is 10.6. The Morgan fingerprint density at radius 2 is 1.79 bits per heavy atom. The smallest absolute Gasteiger partial charge is 0.320 e. The summed E-state index contributed by atoms with van der Waals surface area (Å²) in [5.74, 6) is -1.22. The number of fused-ring (bicyclic) bond motifs is 1. The number of nitrogens with zero attached hydrogens (tertiary/aromatic N) is 3. The molecule has 1 N–H and O–H groups in total. The molecular weight excluding hydrogens is 525 g/mol. The number of hydrogen-bond acceptors (Lipinski definition) is 4. The Balaban J connectivity index is 1.76. The summed E-state index contributed by atoms with van der Waals surface area (Å²) in [7, 11) is 0. The summed E-state index contributed by atoms with van der Waals surface area (Å²) in [6.07, 6.45) is -4.71. The molecule has 0 radical (unpaired) electrons. The normalized spacial score (nSPS) is 11.6. The number of aryl methyl sites for hydroxylation is 1. The minimum absolute atomic E-state index is 0.0147. The molecule has 11 heteroatoms. The van der Waals surface area contributed by atoms with Crippen molar-refractivity contribution in [3.8, 4) is 0 Å². The van der Waals surface area contributed by atoms with Crippen LogP contribution in [0.25, 0.3) is 5.65 Å². The van der Waals surface area contributed by atoms with Crippen molar-refractivity contribution < 1.29 is 22.8 Å². The van der Waals surface area contributed by atoms with Crippen LogP contribution >= 0.6 is 27.5 Å². The lowest BCUT2D eigenvalue weighted by Crippen LogP contribution is -2.17. The molecule has 4 rings (SSSR count). The zero-order chi connectivity index (χ0) is 23.9. The summed E-state index contributed by atoms with van der Waals surface area (Å²) >= 11 is 9.19. The quantitative estimate of drug-likeness (QED) is 0.326. The predicted octanol–water partition coefficient (Wildman–Crippen LogP) is 5.96. The van der Waals surface area contributed by atoms with E-state index in [1.165, 1.54) is 25.1 Å². The summed E-state index contributed by atoms with van der Waals surface area (Å²) in [4.78, 5) is 30.0. The van der Waals surface area contributed by atoms with Crippen LogP contribution in [-0.4, -0.2) is 26.3 Å². The average molecular weight is 538 g/mol. The number of rotatable bonds is 4. The maximum Gasteiger partial charge on any atom is 0.433 e. The lowest BCUT2D eigenvalue weighted by molar-refractivity contribution is -0.142. The molecular formula is C22H13BrClF3N4O2. The number of amides is 1. The van der Waals surface area contributed by atoms with Crippen LogP contribution in [0.15, 0.2) is 59.1 Å². The lowest BCUT2D eigenvalue weighted by Gasteiger charge is -2.11. The molecule has 168 valence electrons. The van der Waals surface area contributed by atoms with Gasteiger partial charge in [0.2, 0.25) is 0 Å². The number of aromatic nitrogens is 3. The van der Waals surface area contributed by atoms with E-state index in [1.54, 1.807) is 30.3 Å². The standard InChI is InChI=1S/C22H13BrClF3N4O2/c1-11-9-16(22(25,26)27)31-20(28-11)17(23)18(30-31)21(33)29-15-8-7-13(24)10-14(15)19(32)12-5-3-2-4-6-12/h2-10H,1H3,(H,29,33). The van der Waals surface area contributed by atoms with Gasteiger partial charge in [-0.1, -0.05) is 41.9 Å². The molecule has 0 aliphatic rings. The molecule has 2 aromatic carbocycles. The molecule has 0 spiro atoms. The highest BCUT2D eigenvalue weighted by molar-refractivity contribution is 9.10. The molecule has 0 bridgehead atoms. The van der Waals surface area contributed by atoms with Crippen molar-refractivity contribution in [1.82, 2.24) is 14.6 Å². The Labute approximate surface area is 198 Å². The average Bonchev–Trinajstić information content (AvgIpc) is 3.10. The minimum atomic E-state index is -4.71. The lowest BCUT2D eigenvalue weighted by atomic mass is 10.0. The molecule has 0 saturated heterocycles. The van der Waals surface area contributed by atoms with Gasteiger partial charge in [0.25, 0.3) is 5.91 Å². The van der Waals surface area contributed by atoms with Crippen molar-refractivity contribution in [3.05, 3.63) is 92.3 Å². The van der Waals surface area contributed by atoms with Crippen molar-refractivity contribution in [2.24, 2.45) is 0 Å². The highest BCUT2D eigenvalue weighted by atomic mass is 79.9. The summed E-state index contributed by atoms with van der Waals surface area (Å²) in [6.45, 7) is 1.41. The Morgan fingerprint density at radius 3 is 2.45 bits per heavy atom. The van der Waals surface area contributed by atoms with Crippen molar-refractivity contribution in [1.29, 1.82) is 0 Å². The molecule has 0 aliphatic heterocycles. The molecule has 2 aromatic heterocycles. The Hall–Kier alpha value is -3.24. The maximum atomic E-state index is 13.5. The van der Waals surface area contributed by atoms with Crippen LogP contribution in [0.4, 0.5) is 18.9 Å². The Kier molecular flexibility index (Phi) is 5.98. The third-order valence-electron chi connectivity index (χ3n) is 4.68. The number of alkyl halides is 3. The SMILES string of the molecule is Cc1cc(C(F)(F)F)n2nc(C(=O)Nc3ccc(Cl)cc3C(=O)c3ccccc3)c(Br)c2n1. The van der Waals surface area contributed by atoms with E-state index in [0.717, 1.165) is 6.07 Å². The molecule has 4 aromatic rings. The fraction of sp³-hybridized carbons (Fsp3) is 0.0909. The van der Waals surface area contributed by atoms with Crippen LogP contribution in [0.3, 0.4) is 0 Å². The number of anilines is 1. The van der Waals surface area contributed by atoms with Gasteiger partial charge in [0.1, 0.15) is 5.69 Å². The van der Waals surface area contributed by atoms with Gasteiger partial charge in [0.15, 0.2) is 17.1 Å². The van der Waals surface area contributed by atoms with E-state index in [-0.39, 0.29) is 43.6 Å². The van der Waals surface area contributed by atoms with Crippen molar-refractivity contribution >= 4 is 50.6 Å². The third kappa shape index (κ3) is 4.49. The molecule has 0 fully saturated rings. The number of carbonyl (C=O) groups excluding carboxylic acids is 2. The summed E-state index contributed by atoms with van der Waals surface area (Å²) < 4.78 is 41.0. The molecule has 2 heterocycles. The summed E-state index contributed by atoms with van der Waals surface area (Å²) in [6, 6.07) is 13.5. The van der Waals surface area contributed by atoms with E-state index in [9.17, 15) is 22.8 Å². The Bertz CT molecular complexity index is 1400. The topological polar surface area (TPSA) is 76.4 Å². The van der Waals surface area contributed by atoms with Crippen LogP contribution in [0.5, 0.6) is 0 Å². The second-order valence-electron chi connectivity index (χ2n) is 7.02. The Morgan fingerprint density at radius 1 is 1.09 bits per heavy atom. The van der Waals surface area contributed by atoms with Gasteiger partial charge in [-0.25, -0.2) is 9.50 Å². The van der Waals surface area contributed by atoms with E-state index < -0.39 is 17.8 Å². The van der Waals surface area contributed by atoms with Gasteiger partial charge in [-0.15, -0.1) is 0 Å². The monoisotopic (exact) mass is 536 g/mol. The molecule has 0 atom stereocenters. The van der Waals surface area contributed by atoms with Crippen molar-refractivity contribution in [3.63, 3.8) is 0 Å². The largest absolute Gasteiger partial charge is 0.433 e. The van der Waals surface area contributed by atoms with Crippen LogP contribution < -0.4 is 5.32 Å². The van der Waals surface area contributed by atoms with Gasteiger partial charge in [0, 0.05) is 21.8 Å². The fourth-order valence-electron chi connectivity index (χ4n) is 3.20. The van der Waals surface area contributed by atoms with Gasteiger partial charge >= 0.3 is 6.18 Å². The van der Waals surface area contributed by atoms with Crippen LogP contribution in [0.2, 0.25) is 5.02 Å². The van der Waals surface area contributed by atoms with Crippen LogP contribution in [0, 0.1) is 6.92 Å². The molecule has 1 amide bonds. The zero-order valence-electron chi connectivity index (χ0n) is 16.7. The number of ketones is 1. The third-order valence-corrected chi connectivity index (χ3v) is 5.64. The fourth-order valence-corrected chi connectivity index (χ4v) is 3.89. The number of halogens is 5. The maximum absolute atomic E-state index is 13.5. The summed E-state index contributed by atoms with van der Waals surface area (Å²) in [5, 5.41) is 6.65. The first-order chi connectivity index (χ1) is 15.6. The molecule has 0 saturated carbocycles. The van der Waals surface area contributed by atoms with Crippen molar-refractivity contribution in [2.45, 2.75) is 13.1 Å². The molecule has 6 nitrogen and oxygen atoms in total. The minimum Gasteiger partial charge on any atom is -0.320 e. The van der Waals surface area contributed by atoms with E-state index >= 15 is 0 Å². The van der Waals surface area contributed by atoms with Gasteiger partial charge in [-0.3, -0.25) is 9.59 Å². The second-order valence-corrected chi connectivity index (χ2v) is 8.25. The van der Waals surface area contributed by atoms with E-state index in [4.69, 9.17) is 11.6 Å².